The first-order valence-corrected chi connectivity index (χ1v) is 7.67. The van der Waals surface area contributed by atoms with Crippen LogP contribution in [-0.2, 0) is 0 Å². The number of aryl methyl sites for hydroxylation is 1. The molecule has 2 aromatic heterocycles. The van der Waals surface area contributed by atoms with Crippen LogP contribution in [0.2, 0.25) is 5.02 Å². The van der Waals surface area contributed by atoms with E-state index in [-0.39, 0.29) is 11.6 Å². The Balaban J connectivity index is 2.07. The SMILES string of the molecule is Cc1ccnc2c1nc(-c1ccc(Cl)cc1)c(=O)n2C1CC1. The lowest BCUT2D eigenvalue weighted by atomic mass is 10.1. The van der Waals surface area contributed by atoms with Gasteiger partial charge in [0.15, 0.2) is 5.65 Å². The maximum absolute atomic E-state index is 12.9. The number of benzene rings is 1. The van der Waals surface area contributed by atoms with E-state index in [1.54, 1.807) is 22.9 Å². The van der Waals surface area contributed by atoms with Gasteiger partial charge in [0.2, 0.25) is 0 Å². The van der Waals surface area contributed by atoms with Crippen molar-refractivity contribution in [1.29, 1.82) is 0 Å². The molecule has 5 heteroatoms. The third-order valence-electron chi connectivity index (χ3n) is 4.01. The highest BCUT2D eigenvalue weighted by atomic mass is 35.5. The first-order chi connectivity index (χ1) is 10.6. The fourth-order valence-electron chi connectivity index (χ4n) is 2.69. The molecule has 22 heavy (non-hydrogen) atoms. The molecular formula is C17H14ClN3O. The van der Waals surface area contributed by atoms with Crippen molar-refractivity contribution in [1.82, 2.24) is 14.5 Å². The summed E-state index contributed by atoms with van der Waals surface area (Å²) >= 11 is 5.94. The molecule has 0 unspecified atom stereocenters. The minimum Gasteiger partial charge on any atom is -0.286 e. The summed E-state index contributed by atoms with van der Waals surface area (Å²) in [6, 6.07) is 9.39. The van der Waals surface area contributed by atoms with Crippen molar-refractivity contribution in [2.45, 2.75) is 25.8 Å². The van der Waals surface area contributed by atoms with Gasteiger partial charge >= 0.3 is 0 Å². The van der Waals surface area contributed by atoms with E-state index in [1.807, 2.05) is 25.1 Å². The molecule has 1 saturated carbocycles. The summed E-state index contributed by atoms with van der Waals surface area (Å²) in [5, 5.41) is 0.643. The van der Waals surface area contributed by atoms with Gasteiger partial charge in [-0.1, -0.05) is 23.7 Å². The molecule has 4 rings (SSSR count). The summed E-state index contributed by atoms with van der Waals surface area (Å²) in [6.45, 7) is 1.99. The molecule has 1 aliphatic carbocycles. The van der Waals surface area contributed by atoms with E-state index in [1.165, 1.54) is 0 Å². The van der Waals surface area contributed by atoms with Crippen LogP contribution in [-0.4, -0.2) is 14.5 Å². The highest BCUT2D eigenvalue weighted by molar-refractivity contribution is 6.30. The van der Waals surface area contributed by atoms with Crippen molar-refractivity contribution in [3.63, 3.8) is 0 Å². The van der Waals surface area contributed by atoms with Crippen LogP contribution in [0.3, 0.4) is 0 Å². The van der Waals surface area contributed by atoms with Gasteiger partial charge in [-0.3, -0.25) is 9.36 Å². The zero-order valence-corrected chi connectivity index (χ0v) is 12.8. The quantitative estimate of drug-likeness (QED) is 0.724. The first-order valence-electron chi connectivity index (χ1n) is 7.29. The van der Waals surface area contributed by atoms with Crippen LogP contribution >= 0.6 is 11.6 Å². The average Bonchev–Trinajstić information content (AvgIpc) is 3.33. The number of pyridine rings is 1. The molecule has 1 aromatic carbocycles. The lowest BCUT2D eigenvalue weighted by Gasteiger charge is -2.12. The standard InChI is InChI=1S/C17H14ClN3O/c1-10-8-9-19-16-14(10)20-15(11-2-4-12(18)5-3-11)17(22)21(16)13-6-7-13/h2-5,8-9,13H,6-7H2,1H3. The summed E-state index contributed by atoms with van der Waals surface area (Å²) in [7, 11) is 0. The molecule has 0 amide bonds. The normalized spacial score (nSPS) is 14.5. The Hall–Kier alpha value is -2.20. The van der Waals surface area contributed by atoms with Gasteiger partial charge in [-0.25, -0.2) is 9.97 Å². The topological polar surface area (TPSA) is 47.8 Å². The van der Waals surface area contributed by atoms with Crippen LogP contribution in [0.4, 0.5) is 0 Å². The van der Waals surface area contributed by atoms with Crippen molar-refractivity contribution in [2.75, 3.05) is 0 Å². The van der Waals surface area contributed by atoms with Crippen LogP contribution in [0, 0.1) is 6.92 Å². The summed E-state index contributed by atoms with van der Waals surface area (Å²) < 4.78 is 1.80. The van der Waals surface area contributed by atoms with Gasteiger partial charge in [0.05, 0.1) is 0 Å². The second kappa shape index (κ2) is 4.92. The van der Waals surface area contributed by atoms with E-state index >= 15 is 0 Å². The van der Waals surface area contributed by atoms with Crippen LogP contribution in [0.1, 0.15) is 24.4 Å². The molecule has 0 radical (unpaired) electrons. The zero-order chi connectivity index (χ0) is 15.3. The van der Waals surface area contributed by atoms with Crippen LogP contribution < -0.4 is 5.56 Å². The molecule has 0 spiro atoms. The van der Waals surface area contributed by atoms with Gasteiger partial charge in [0.25, 0.3) is 5.56 Å². The highest BCUT2D eigenvalue weighted by Gasteiger charge is 2.28. The van der Waals surface area contributed by atoms with Crippen LogP contribution in [0.5, 0.6) is 0 Å². The number of nitrogens with zero attached hydrogens (tertiary/aromatic N) is 3. The Morgan fingerprint density at radius 1 is 1.18 bits per heavy atom. The van der Waals surface area contributed by atoms with Crippen molar-refractivity contribution >= 4 is 22.8 Å². The third-order valence-corrected chi connectivity index (χ3v) is 4.26. The summed E-state index contributed by atoms with van der Waals surface area (Å²) in [5.41, 5.74) is 3.68. The van der Waals surface area contributed by atoms with Crippen molar-refractivity contribution in [2.24, 2.45) is 0 Å². The maximum atomic E-state index is 12.9. The van der Waals surface area contributed by atoms with Gasteiger partial charge in [-0.05, 0) is 43.5 Å². The number of rotatable bonds is 2. The molecule has 0 atom stereocenters. The van der Waals surface area contributed by atoms with E-state index in [0.717, 1.165) is 29.5 Å². The summed E-state index contributed by atoms with van der Waals surface area (Å²) in [5.74, 6) is 0. The Morgan fingerprint density at radius 2 is 1.91 bits per heavy atom. The zero-order valence-electron chi connectivity index (χ0n) is 12.1. The summed E-state index contributed by atoms with van der Waals surface area (Å²) in [6.07, 6.45) is 3.78. The molecule has 4 nitrogen and oxygen atoms in total. The number of hydrogen-bond donors (Lipinski definition) is 0. The maximum Gasteiger partial charge on any atom is 0.278 e. The monoisotopic (exact) mass is 311 g/mol. The molecular weight excluding hydrogens is 298 g/mol. The van der Waals surface area contributed by atoms with Crippen LogP contribution in [0.25, 0.3) is 22.4 Å². The van der Waals surface area contributed by atoms with Gasteiger partial charge in [-0.15, -0.1) is 0 Å². The number of hydrogen-bond acceptors (Lipinski definition) is 3. The molecule has 110 valence electrons. The molecule has 0 aliphatic heterocycles. The van der Waals surface area contributed by atoms with Crippen molar-refractivity contribution in [3.05, 3.63) is 57.5 Å². The second-order valence-corrected chi connectivity index (χ2v) is 6.11. The van der Waals surface area contributed by atoms with E-state index in [0.29, 0.717) is 16.4 Å². The Bertz CT molecular complexity index is 927. The Labute approximate surface area is 132 Å². The predicted molar refractivity (Wildman–Crippen MR) is 87.3 cm³/mol. The number of halogens is 1. The third kappa shape index (κ3) is 2.11. The molecule has 0 N–H and O–H groups in total. The van der Waals surface area contributed by atoms with Crippen LogP contribution in [0.15, 0.2) is 41.3 Å². The smallest absolute Gasteiger partial charge is 0.278 e. The molecule has 1 aliphatic rings. The number of fused-ring (bicyclic) bond motifs is 1. The molecule has 3 aromatic rings. The highest BCUT2D eigenvalue weighted by Crippen LogP contribution is 2.36. The fourth-order valence-corrected chi connectivity index (χ4v) is 2.81. The predicted octanol–water partition coefficient (Wildman–Crippen LogP) is 3.76. The Morgan fingerprint density at radius 3 is 2.59 bits per heavy atom. The first kappa shape index (κ1) is 13.5. The fraction of sp³-hybridized carbons (Fsp3) is 0.235. The molecule has 1 fully saturated rings. The van der Waals surface area contributed by atoms with E-state index in [4.69, 9.17) is 11.6 Å². The van der Waals surface area contributed by atoms with E-state index in [2.05, 4.69) is 9.97 Å². The van der Waals surface area contributed by atoms with Gasteiger partial charge < -0.3 is 0 Å². The van der Waals surface area contributed by atoms with Gasteiger partial charge in [0.1, 0.15) is 11.2 Å². The Kier molecular flexibility index (Phi) is 3.01. The minimum atomic E-state index is -0.0737. The molecule has 0 bridgehead atoms. The lowest BCUT2D eigenvalue weighted by molar-refractivity contribution is 0.725. The minimum absolute atomic E-state index is 0.0737. The molecule has 0 saturated heterocycles. The average molecular weight is 312 g/mol. The van der Waals surface area contributed by atoms with Gasteiger partial charge in [0, 0.05) is 22.8 Å². The molecule has 2 heterocycles. The summed E-state index contributed by atoms with van der Waals surface area (Å²) in [4.78, 5) is 21.9. The second-order valence-electron chi connectivity index (χ2n) is 5.67. The van der Waals surface area contributed by atoms with Gasteiger partial charge in [-0.2, -0.15) is 0 Å². The van der Waals surface area contributed by atoms with Crippen molar-refractivity contribution < 1.29 is 0 Å². The van der Waals surface area contributed by atoms with Crippen molar-refractivity contribution in [3.8, 4) is 11.3 Å². The lowest BCUT2D eigenvalue weighted by Crippen LogP contribution is -2.23. The largest absolute Gasteiger partial charge is 0.286 e. The van der Waals surface area contributed by atoms with E-state index < -0.39 is 0 Å². The number of aromatic nitrogens is 3. The van der Waals surface area contributed by atoms with E-state index in [9.17, 15) is 4.79 Å².